The average Bonchev–Trinajstić information content (AvgIpc) is 2.12. The van der Waals surface area contributed by atoms with Crippen LogP contribution in [0, 0.1) is 27.6 Å². The van der Waals surface area contributed by atoms with Crippen LogP contribution in [0.1, 0.15) is 6.92 Å². The molecule has 0 aliphatic carbocycles. The maximum Gasteiger partial charge on any atom is 0.343 e. The molecule has 0 saturated carbocycles. The molecule has 0 heterocycles. The zero-order chi connectivity index (χ0) is 12.5. The van der Waals surface area contributed by atoms with Crippen LogP contribution in [0.5, 0.6) is 0 Å². The Balaban J connectivity index is 3.39. The minimum Gasteiger partial charge on any atom is -0.324 e. The Morgan fingerprint density at radius 1 is 1.38 bits per heavy atom. The monoisotopic (exact) mass is 234 g/mol. The van der Waals surface area contributed by atoms with Gasteiger partial charge >= 0.3 is 5.69 Å². The predicted molar refractivity (Wildman–Crippen MR) is 47.3 cm³/mol. The number of rotatable bonds is 2. The van der Waals surface area contributed by atoms with Gasteiger partial charge in [0.1, 0.15) is 0 Å². The lowest BCUT2D eigenvalue weighted by atomic mass is 10.2. The molecule has 1 N–H and O–H groups in total. The number of halogens is 3. The standard InChI is InChI=1S/C8H5F3N2O3/c1-3(14)12-5-2-4(9)8(13(15)16)7(11)6(5)10/h2H,1H3,(H,12,14). The number of nitro benzene ring substituents is 1. The smallest absolute Gasteiger partial charge is 0.324 e. The Hall–Kier alpha value is -2.12. The molecule has 0 unspecified atom stereocenters. The molecule has 0 atom stereocenters. The number of hydrogen-bond donors (Lipinski definition) is 1. The zero-order valence-electron chi connectivity index (χ0n) is 7.88. The highest BCUT2D eigenvalue weighted by atomic mass is 19.2. The number of anilines is 1. The number of carbonyl (C=O) groups excluding carboxylic acids is 1. The number of nitro groups is 1. The van der Waals surface area contributed by atoms with E-state index in [0.29, 0.717) is 6.07 Å². The number of nitrogens with zero attached hydrogens (tertiary/aromatic N) is 1. The summed E-state index contributed by atoms with van der Waals surface area (Å²) in [5.74, 6) is -5.95. The lowest BCUT2D eigenvalue weighted by Crippen LogP contribution is -2.10. The summed E-state index contributed by atoms with van der Waals surface area (Å²) in [5, 5.41) is 12.0. The summed E-state index contributed by atoms with van der Waals surface area (Å²) in [5.41, 5.74) is -2.38. The van der Waals surface area contributed by atoms with Gasteiger partial charge in [0.15, 0.2) is 5.82 Å². The highest BCUT2D eigenvalue weighted by Crippen LogP contribution is 2.29. The molecule has 1 aromatic carbocycles. The van der Waals surface area contributed by atoms with Gasteiger partial charge in [-0.05, 0) is 0 Å². The highest BCUT2D eigenvalue weighted by molar-refractivity contribution is 5.89. The molecular weight excluding hydrogens is 229 g/mol. The highest BCUT2D eigenvalue weighted by Gasteiger charge is 2.27. The van der Waals surface area contributed by atoms with E-state index in [0.717, 1.165) is 6.92 Å². The number of hydrogen-bond acceptors (Lipinski definition) is 3. The van der Waals surface area contributed by atoms with Crippen LogP contribution in [0.4, 0.5) is 24.5 Å². The van der Waals surface area contributed by atoms with Gasteiger partial charge in [0, 0.05) is 13.0 Å². The zero-order valence-corrected chi connectivity index (χ0v) is 7.88. The normalized spacial score (nSPS) is 10.0. The minimum atomic E-state index is -1.95. The Morgan fingerprint density at radius 3 is 2.38 bits per heavy atom. The van der Waals surface area contributed by atoms with Gasteiger partial charge in [-0.3, -0.25) is 14.9 Å². The minimum absolute atomic E-state index is 0.345. The van der Waals surface area contributed by atoms with Crippen molar-refractivity contribution in [3.8, 4) is 0 Å². The third-order valence-corrected chi connectivity index (χ3v) is 1.63. The molecule has 1 aromatic rings. The molecule has 0 spiro atoms. The third-order valence-electron chi connectivity index (χ3n) is 1.63. The van der Waals surface area contributed by atoms with Gasteiger partial charge in [0.2, 0.25) is 17.5 Å². The second-order valence-electron chi connectivity index (χ2n) is 2.82. The summed E-state index contributed by atoms with van der Waals surface area (Å²) >= 11 is 0. The lowest BCUT2D eigenvalue weighted by Gasteiger charge is -2.05. The SMILES string of the molecule is CC(=O)Nc1cc(F)c([N+](=O)[O-])c(F)c1F. The quantitative estimate of drug-likeness (QED) is 0.483. The maximum atomic E-state index is 13.1. The van der Waals surface area contributed by atoms with Crippen molar-refractivity contribution in [2.24, 2.45) is 0 Å². The Bertz CT molecular complexity index is 476. The molecule has 16 heavy (non-hydrogen) atoms. The molecule has 0 fully saturated rings. The first-order valence-electron chi connectivity index (χ1n) is 3.94. The van der Waals surface area contributed by atoms with Crippen LogP contribution >= 0.6 is 0 Å². The first-order chi connectivity index (χ1) is 7.34. The summed E-state index contributed by atoms with van der Waals surface area (Å²) in [4.78, 5) is 19.4. The van der Waals surface area contributed by atoms with Crippen molar-refractivity contribution in [3.63, 3.8) is 0 Å². The van der Waals surface area contributed by atoms with E-state index in [1.54, 1.807) is 5.32 Å². The fourth-order valence-corrected chi connectivity index (χ4v) is 1.03. The van der Waals surface area contributed by atoms with Crippen LogP contribution in [0.2, 0.25) is 0 Å². The molecule has 0 aromatic heterocycles. The van der Waals surface area contributed by atoms with E-state index in [9.17, 15) is 28.1 Å². The molecule has 86 valence electrons. The molecule has 0 saturated heterocycles. The van der Waals surface area contributed by atoms with Crippen molar-refractivity contribution in [2.75, 3.05) is 5.32 Å². The van der Waals surface area contributed by atoms with E-state index in [-0.39, 0.29) is 0 Å². The fraction of sp³-hybridized carbons (Fsp3) is 0.125. The maximum absolute atomic E-state index is 13.1. The topological polar surface area (TPSA) is 72.2 Å². The molecule has 1 amide bonds. The van der Waals surface area contributed by atoms with Crippen LogP contribution < -0.4 is 5.32 Å². The van der Waals surface area contributed by atoms with E-state index in [4.69, 9.17) is 0 Å². The number of amides is 1. The molecular formula is C8H5F3N2O3. The molecule has 1 rings (SSSR count). The van der Waals surface area contributed by atoms with Crippen molar-refractivity contribution in [1.82, 2.24) is 0 Å². The summed E-state index contributed by atoms with van der Waals surface area (Å²) < 4.78 is 39.1. The molecule has 5 nitrogen and oxygen atoms in total. The van der Waals surface area contributed by atoms with Crippen LogP contribution in [0.3, 0.4) is 0 Å². The van der Waals surface area contributed by atoms with Crippen molar-refractivity contribution < 1.29 is 22.9 Å². The summed E-state index contributed by atoms with van der Waals surface area (Å²) in [6.45, 7) is 0.997. The number of benzene rings is 1. The van der Waals surface area contributed by atoms with Crippen molar-refractivity contribution in [1.29, 1.82) is 0 Å². The molecule has 0 aliphatic heterocycles. The molecule has 0 aliphatic rings. The van der Waals surface area contributed by atoms with E-state index in [1.807, 2.05) is 0 Å². The Kier molecular flexibility index (Phi) is 3.11. The second kappa shape index (κ2) is 4.17. The predicted octanol–water partition coefficient (Wildman–Crippen LogP) is 1.97. The van der Waals surface area contributed by atoms with Crippen LogP contribution in [-0.4, -0.2) is 10.8 Å². The first-order valence-corrected chi connectivity index (χ1v) is 3.94. The van der Waals surface area contributed by atoms with Gasteiger partial charge < -0.3 is 5.32 Å². The summed E-state index contributed by atoms with van der Waals surface area (Å²) in [6, 6.07) is 0.345. The van der Waals surface area contributed by atoms with Gasteiger partial charge in [-0.15, -0.1) is 0 Å². The lowest BCUT2D eigenvalue weighted by molar-refractivity contribution is -0.390. The summed E-state index contributed by atoms with van der Waals surface area (Å²) in [7, 11) is 0. The van der Waals surface area contributed by atoms with Crippen molar-refractivity contribution >= 4 is 17.3 Å². The van der Waals surface area contributed by atoms with Crippen LogP contribution in [0.25, 0.3) is 0 Å². The Morgan fingerprint density at radius 2 is 1.94 bits per heavy atom. The van der Waals surface area contributed by atoms with Crippen molar-refractivity contribution in [2.45, 2.75) is 6.92 Å². The van der Waals surface area contributed by atoms with Crippen molar-refractivity contribution in [3.05, 3.63) is 33.6 Å². The van der Waals surface area contributed by atoms with E-state index < -0.39 is 39.7 Å². The molecule has 0 bridgehead atoms. The third kappa shape index (κ3) is 2.10. The summed E-state index contributed by atoms with van der Waals surface area (Å²) in [6.07, 6.45) is 0. The first kappa shape index (κ1) is 12.0. The van der Waals surface area contributed by atoms with E-state index >= 15 is 0 Å². The number of carbonyl (C=O) groups is 1. The molecule has 8 heteroatoms. The second-order valence-corrected chi connectivity index (χ2v) is 2.82. The largest absolute Gasteiger partial charge is 0.343 e. The average molecular weight is 234 g/mol. The molecule has 0 radical (unpaired) electrons. The Labute approximate surface area is 87.0 Å². The number of nitrogens with one attached hydrogen (secondary N) is 1. The van der Waals surface area contributed by atoms with Gasteiger partial charge in [0.05, 0.1) is 10.6 Å². The fourth-order valence-electron chi connectivity index (χ4n) is 1.03. The van der Waals surface area contributed by atoms with Gasteiger partial charge in [-0.1, -0.05) is 0 Å². The van der Waals surface area contributed by atoms with Crippen LogP contribution in [-0.2, 0) is 4.79 Å². The van der Waals surface area contributed by atoms with Crippen LogP contribution in [0.15, 0.2) is 6.07 Å². The van der Waals surface area contributed by atoms with Gasteiger partial charge in [-0.25, -0.2) is 4.39 Å². The van der Waals surface area contributed by atoms with Gasteiger partial charge in [-0.2, -0.15) is 8.78 Å². The van der Waals surface area contributed by atoms with Gasteiger partial charge in [0.25, 0.3) is 0 Å². The van der Waals surface area contributed by atoms with E-state index in [1.165, 1.54) is 0 Å². The van der Waals surface area contributed by atoms with E-state index in [2.05, 4.69) is 0 Å².